The van der Waals surface area contributed by atoms with Crippen molar-refractivity contribution >= 4 is 6.21 Å². The Morgan fingerprint density at radius 2 is 2.33 bits per heavy atom. The summed E-state index contributed by atoms with van der Waals surface area (Å²) in [4.78, 5) is 0. The lowest BCUT2D eigenvalue weighted by Gasteiger charge is -1.64. The molecular weight excluding hydrogens is 76.1 g/mol. The molecule has 0 aromatic rings. The van der Waals surface area contributed by atoms with Crippen molar-refractivity contribution in [2.45, 2.75) is 6.92 Å². The number of hydrogen-bond donors (Lipinski definition) is 1. The fourth-order valence-electron chi connectivity index (χ4n) is 0.136. The Hall–Kier alpha value is -0.790. The molecule has 34 valence electrons. The first-order chi connectivity index (χ1) is 2.91. The number of nitrogens with two attached hydrogens (primary N) is 1. The fraction of sp³-hybridized carbons (Fsp3) is 0.250. The molecule has 0 atom stereocenters. The molecule has 0 bridgehead atoms. The van der Waals surface area contributed by atoms with Crippen molar-refractivity contribution in [3.05, 3.63) is 12.2 Å². The second-order valence-corrected chi connectivity index (χ2v) is 0.824. The van der Waals surface area contributed by atoms with Gasteiger partial charge >= 0.3 is 0 Å². The molecule has 0 amide bonds. The van der Waals surface area contributed by atoms with Gasteiger partial charge in [-0.3, -0.25) is 0 Å². The minimum Gasteiger partial charge on any atom is -0.323 e. The first-order valence-electron chi connectivity index (χ1n) is 1.76. The number of allylic oxidation sites excluding steroid dienone is 2. The highest BCUT2D eigenvalue weighted by molar-refractivity contribution is 5.70. The molecule has 0 rings (SSSR count). The summed E-state index contributed by atoms with van der Waals surface area (Å²) in [6, 6.07) is 0. The monoisotopic (exact) mass is 84.1 g/mol. The topological polar surface area (TPSA) is 38.4 Å². The zero-order valence-electron chi connectivity index (χ0n) is 3.76. The number of hydrazone groups is 1. The second kappa shape index (κ2) is 4.21. The lowest BCUT2D eigenvalue weighted by molar-refractivity contribution is 1.27. The third-order valence-corrected chi connectivity index (χ3v) is 0.365. The number of rotatable bonds is 1. The maximum atomic E-state index is 4.73. The van der Waals surface area contributed by atoms with Crippen LogP contribution in [0.3, 0.4) is 0 Å². The molecule has 0 spiro atoms. The summed E-state index contributed by atoms with van der Waals surface area (Å²) in [5.41, 5.74) is 0. The van der Waals surface area contributed by atoms with E-state index in [4.69, 9.17) is 5.84 Å². The molecule has 2 heteroatoms. The summed E-state index contributed by atoms with van der Waals surface area (Å²) in [7, 11) is 0. The predicted octanol–water partition coefficient (Wildman–Crippen LogP) is 0.507. The molecular formula is C4H8N2. The molecule has 0 unspecified atom stereocenters. The van der Waals surface area contributed by atoms with Crippen molar-refractivity contribution in [2.75, 3.05) is 0 Å². The van der Waals surface area contributed by atoms with Crippen molar-refractivity contribution in [3.63, 3.8) is 0 Å². The van der Waals surface area contributed by atoms with Crippen LogP contribution in [0.5, 0.6) is 0 Å². The Balaban J connectivity index is 3.07. The van der Waals surface area contributed by atoms with Gasteiger partial charge in [-0.15, -0.1) is 0 Å². The smallest absolute Gasteiger partial charge is 0.0462 e. The van der Waals surface area contributed by atoms with E-state index in [1.807, 2.05) is 13.0 Å². The Labute approximate surface area is 37.3 Å². The minimum absolute atomic E-state index is 1.53. The van der Waals surface area contributed by atoms with Crippen LogP contribution in [0.1, 0.15) is 6.92 Å². The van der Waals surface area contributed by atoms with Crippen LogP contribution in [0.15, 0.2) is 17.3 Å². The zero-order valence-corrected chi connectivity index (χ0v) is 3.76. The van der Waals surface area contributed by atoms with Crippen LogP contribution in [-0.4, -0.2) is 6.21 Å². The molecule has 0 aliphatic carbocycles. The van der Waals surface area contributed by atoms with Gasteiger partial charge in [-0.25, -0.2) is 0 Å². The third kappa shape index (κ3) is 3.21. The summed E-state index contributed by atoms with van der Waals surface area (Å²) in [6.45, 7) is 1.90. The summed E-state index contributed by atoms with van der Waals surface area (Å²) < 4.78 is 0. The van der Waals surface area contributed by atoms with E-state index in [0.717, 1.165) is 0 Å². The van der Waals surface area contributed by atoms with Crippen LogP contribution < -0.4 is 5.84 Å². The maximum Gasteiger partial charge on any atom is 0.0462 e. The molecule has 0 aromatic heterocycles. The Morgan fingerprint density at radius 3 is 2.50 bits per heavy atom. The highest BCUT2D eigenvalue weighted by Crippen LogP contribution is 1.58. The summed E-state index contributed by atoms with van der Waals surface area (Å²) in [5, 5.41) is 3.21. The lowest BCUT2D eigenvalue weighted by atomic mass is 10.6. The Bertz CT molecular complexity index is 53.9. The predicted molar refractivity (Wildman–Crippen MR) is 27.5 cm³/mol. The average molecular weight is 84.1 g/mol. The highest BCUT2D eigenvalue weighted by atomic mass is 15.1. The Morgan fingerprint density at radius 1 is 1.67 bits per heavy atom. The summed E-state index contributed by atoms with van der Waals surface area (Å²) >= 11 is 0. The molecule has 0 heterocycles. The van der Waals surface area contributed by atoms with Gasteiger partial charge in [0.05, 0.1) is 0 Å². The van der Waals surface area contributed by atoms with Crippen molar-refractivity contribution in [2.24, 2.45) is 10.9 Å². The number of nitrogens with zero attached hydrogens (tertiary/aromatic N) is 1. The van der Waals surface area contributed by atoms with Gasteiger partial charge in [-0.05, 0) is 13.0 Å². The molecule has 2 N–H and O–H groups in total. The van der Waals surface area contributed by atoms with Crippen molar-refractivity contribution in [3.8, 4) is 0 Å². The van der Waals surface area contributed by atoms with Gasteiger partial charge in [0.1, 0.15) is 0 Å². The van der Waals surface area contributed by atoms with E-state index < -0.39 is 0 Å². The van der Waals surface area contributed by atoms with E-state index in [9.17, 15) is 0 Å². The van der Waals surface area contributed by atoms with Crippen LogP contribution >= 0.6 is 0 Å². The normalized spacial score (nSPS) is 11.5. The average Bonchev–Trinajstić information content (AvgIpc) is 1.61. The quantitative estimate of drug-likeness (QED) is 0.280. The zero-order chi connectivity index (χ0) is 4.83. The first-order valence-corrected chi connectivity index (χ1v) is 1.76. The fourth-order valence-corrected chi connectivity index (χ4v) is 0.136. The van der Waals surface area contributed by atoms with Gasteiger partial charge in [0.25, 0.3) is 0 Å². The van der Waals surface area contributed by atoms with Gasteiger partial charge in [0.2, 0.25) is 0 Å². The van der Waals surface area contributed by atoms with Crippen molar-refractivity contribution < 1.29 is 0 Å². The summed E-state index contributed by atoms with van der Waals surface area (Å²) in [6.07, 6.45) is 5.15. The molecule has 0 radical (unpaired) electrons. The molecule has 0 aliphatic heterocycles. The molecule has 0 saturated heterocycles. The van der Waals surface area contributed by atoms with Gasteiger partial charge in [-0.1, -0.05) is 6.08 Å². The van der Waals surface area contributed by atoms with Crippen molar-refractivity contribution in [1.29, 1.82) is 0 Å². The third-order valence-electron chi connectivity index (χ3n) is 0.365. The second-order valence-electron chi connectivity index (χ2n) is 0.824. The Kier molecular flexibility index (Phi) is 3.66. The first kappa shape index (κ1) is 5.21. The van der Waals surface area contributed by atoms with E-state index in [1.165, 1.54) is 6.21 Å². The largest absolute Gasteiger partial charge is 0.323 e. The van der Waals surface area contributed by atoms with E-state index >= 15 is 0 Å². The molecule has 0 saturated carbocycles. The standard InChI is InChI=1S/C4H8N2/c1-2-3-4-6-5/h2-4H,5H2,1H3/b3-2+,6-4-. The van der Waals surface area contributed by atoms with Crippen molar-refractivity contribution in [1.82, 2.24) is 0 Å². The van der Waals surface area contributed by atoms with Crippen LogP contribution in [-0.2, 0) is 0 Å². The van der Waals surface area contributed by atoms with Crippen LogP contribution in [0.2, 0.25) is 0 Å². The SMILES string of the molecule is C/C=C/C=N\N. The highest BCUT2D eigenvalue weighted by Gasteiger charge is 1.49. The van der Waals surface area contributed by atoms with Gasteiger partial charge in [0, 0.05) is 6.21 Å². The lowest BCUT2D eigenvalue weighted by Crippen LogP contribution is -1.76. The van der Waals surface area contributed by atoms with Gasteiger partial charge < -0.3 is 5.84 Å². The summed E-state index contributed by atoms with van der Waals surface area (Å²) in [5.74, 6) is 4.73. The van der Waals surface area contributed by atoms with Crippen LogP contribution in [0.4, 0.5) is 0 Å². The molecule has 6 heavy (non-hydrogen) atoms. The molecule has 0 fully saturated rings. The maximum absolute atomic E-state index is 4.73. The van der Waals surface area contributed by atoms with Gasteiger partial charge in [-0.2, -0.15) is 5.10 Å². The molecule has 2 nitrogen and oxygen atoms in total. The van der Waals surface area contributed by atoms with E-state index in [0.29, 0.717) is 0 Å². The molecule has 0 aromatic carbocycles. The van der Waals surface area contributed by atoms with Crippen LogP contribution in [0, 0.1) is 0 Å². The van der Waals surface area contributed by atoms with E-state index in [2.05, 4.69) is 5.10 Å². The van der Waals surface area contributed by atoms with E-state index in [-0.39, 0.29) is 0 Å². The minimum atomic E-state index is 1.53. The molecule has 0 aliphatic rings. The van der Waals surface area contributed by atoms with Crippen LogP contribution in [0.25, 0.3) is 0 Å². The van der Waals surface area contributed by atoms with Gasteiger partial charge in [0.15, 0.2) is 0 Å². The van der Waals surface area contributed by atoms with E-state index in [1.54, 1.807) is 6.08 Å². The number of hydrogen-bond acceptors (Lipinski definition) is 2.